The second-order valence-electron chi connectivity index (χ2n) is 34.7. The van der Waals surface area contributed by atoms with Gasteiger partial charge in [0.25, 0.3) is 22.2 Å². The zero-order valence-corrected chi connectivity index (χ0v) is 76.6. The molecule has 16 aromatic heterocycles. The monoisotopic (exact) mass is 1800 g/mol. The molecule has 688 valence electrons. The number of fused-ring (bicyclic) bond motifs is 8. The third kappa shape index (κ3) is 19.6. The van der Waals surface area contributed by atoms with Crippen molar-refractivity contribution >= 4 is 61.7 Å². The van der Waals surface area contributed by atoms with Gasteiger partial charge in [-0.15, -0.1) is 0 Å². The third-order valence-electron chi connectivity index (χ3n) is 25.6. The highest BCUT2D eigenvalue weighted by atomic mass is 19.1. The lowest BCUT2D eigenvalue weighted by Gasteiger charge is -2.41. The van der Waals surface area contributed by atoms with E-state index >= 15 is 0 Å². The molecule has 0 unspecified atom stereocenters. The number of piperidine rings is 1. The number of likely N-dealkylation sites (tertiary alicyclic amines) is 1. The summed E-state index contributed by atoms with van der Waals surface area (Å²) in [5, 5.41) is 18.6. The average Bonchev–Trinajstić information content (AvgIpc) is 1.54. The van der Waals surface area contributed by atoms with E-state index in [-0.39, 0.29) is 55.0 Å². The molecular formula is C97H113F4N27O4. The number of aromatic nitrogens is 20. The molecule has 0 amide bonds. The van der Waals surface area contributed by atoms with Gasteiger partial charge in [-0.1, -0.05) is 33.8 Å². The molecule has 0 N–H and O–H groups in total. The van der Waals surface area contributed by atoms with Crippen LogP contribution in [0.25, 0.3) is 90.2 Å². The molecule has 2 atom stereocenters. The van der Waals surface area contributed by atoms with Crippen molar-refractivity contribution < 1.29 is 17.6 Å². The molecule has 132 heavy (non-hydrogen) atoms. The van der Waals surface area contributed by atoms with Crippen molar-refractivity contribution in [3.8, 4) is 45.6 Å². The number of alkyl halides is 4. The first-order valence-electron chi connectivity index (χ1n) is 46.0. The van der Waals surface area contributed by atoms with Crippen LogP contribution in [0.2, 0.25) is 0 Å². The lowest BCUT2D eigenvalue weighted by Crippen LogP contribution is -2.52. The number of hydrogen-bond acceptors (Lipinski definition) is 23. The number of anilines is 3. The number of piperazine rings is 3. The first-order valence-corrected chi connectivity index (χ1v) is 46.0. The zero-order chi connectivity index (χ0) is 92.1. The molecule has 0 aliphatic carbocycles. The van der Waals surface area contributed by atoms with Crippen molar-refractivity contribution in [2.45, 2.75) is 139 Å². The van der Waals surface area contributed by atoms with Gasteiger partial charge < -0.3 is 19.6 Å². The lowest BCUT2D eigenvalue weighted by atomic mass is 9.90. The van der Waals surface area contributed by atoms with Crippen LogP contribution < -0.4 is 36.9 Å². The van der Waals surface area contributed by atoms with Gasteiger partial charge in [0.15, 0.2) is 0 Å². The summed E-state index contributed by atoms with van der Waals surface area (Å²) >= 11 is 0. The van der Waals surface area contributed by atoms with E-state index in [4.69, 9.17) is 19.9 Å². The molecular weight excluding hydrogens is 1680 g/mol. The van der Waals surface area contributed by atoms with Gasteiger partial charge in [0.1, 0.15) is 58.7 Å². The summed E-state index contributed by atoms with van der Waals surface area (Å²) in [5.41, 5.74) is 21.9. The molecule has 4 fully saturated rings. The molecule has 4 saturated heterocycles. The van der Waals surface area contributed by atoms with Gasteiger partial charge in [-0.05, 0) is 184 Å². The van der Waals surface area contributed by atoms with Crippen molar-refractivity contribution in [3.63, 3.8) is 0 Å². The van der Waals surface area contributed by atoms with Crippen molar-refractivity contribution in [1.82, 2.24) is 116 Å². The van der Waals surface area contributed by atoms with Crippen LogP contribution in [0.5, 0.6) is 0 Å². The minimum absolute atomic E-state index is 0.121. The SMILES string of the molecule is CCc1nc(C)cn2nc(-c3cc(=O)n4cc(C5CCN(CCF)CC5)ccc4n3)cc12.CCc1nc(C)cn2nc(-c3cc(=O)n4cc(N5CCN(CCCF)CC5)ccc4n3)cc12.CCc1nc(C)cn2nc(-c3cc(=O)n4cc(N5CCN(CCCF)[C@H](C)C5)ccc4n3)cc12.CCc1nc(C)cn2nc(-c3cc(=O)n4cc(N5CCN(CCF)[C@H](C)C5)ccc4n3)cc12. The summed E-state index contributed by atoms with van der Waals surface area (Å²) in [6.45, 7) is 31.9. The molecule has 4 aliphatic heterocycles. The molecule has 0 aromatic carbocycles. The Bertz CT molecular complexity index is 7150. The van der Waals surface area contributed by atoms with E-state index < -0.39 is 0 Å². The summed E-state index contributed by atoms with van der Waals surface area (Å²) in [6.07, 6.45) is 21.3. The Morgan fingerprint density at radius 2 is 0.636 bits per heavy atom. The van der Waals surface area contributed by atoms with Gasteiger partial charge in [-0.3, -0.25) is 80.2 Å². The Morgan fingerprint density at radius 1 is 0.318 bits per heavy atom. The normalized spacial score (nSPS) is 16.3. The largest absolute Gasteiger partial charge is 0.368 e. The van der Waals surface area contributed by atoms with E-state index in [0.29, 0.717) is 106 Å². The first-order chi connectivity index (χ1) is 64.0. The predicted molar refractivity (Wildman–Crippen MR) is 507 cm³/mol. The molecule has 0 saturated carbocycles. The molecule has 16 aromatic rings. The summed E-state index contributed by atoms with van der Waals surface area (Å²) in [4.78, 5) is 105. The van der Waals surface area contributed by atoms with Crippen molar-refractivity contribution in [1.29, 1.82) is 0 Å². The van der Waals surface area contributed by atoms with Crippen LogP contribution in [-0.2, 0) is 25.7 Å². The van der Waals surface area contributed by atoms with E-state index in [1.54, 1.807) is 35.8 Å². The standard InChI is InChI=1S/C25H30FN7O.2C24H28FN7O.C24H27FN6O/c1-4-20-23-12-22(29-33(23)14-17(2)27-20)21-13-25(34)32-16-19(6-7-24(32)28-21)31-11-10-30(9-5-8-26)18(3)15-31;1-4-19-22-11-21(28-32(22)13-16(2)26-19)20-12-24(33)31-15-18(5-6-23(31)27-20)30-10-9-29(8-7-25)17(3)14-30;1-3-19-22-13-21(28-32(22)15-17(2)26-19)20-14-24(33)31-16-18(5-6-23(31)27-20)30-11-9-29(10-12-30)8-4-7-25;1-3-19-22-12-21(28-31(22)14-16(2)26-19)20-13-24(32)30-15-18(4-5-23(30)27-20)17-6-9-29(10-7-17)11-8-25/h6-7,12-14,16,18H,4-5,8-11,15H2,1-3H3;5-6,11-13,15,17H,4,7-10,14H2,1-3H3;5-6,13-16H,3-4,7-12H2,1-2H3;4-5,12-15,17H,3,6-11H2,1-2H3/t18-;17-;;/m11../s1. The van der Waals surface area contributed by atoms with Crippen LogP contribution in [-0.4, -0.2) is 259 Å². The topological polar surface area (TPSA) is 281 Å². The van der Waals surface area contributed by atoms with Crippen molar-refractivity contribution in [2.24, 2.45) is 0 Å². The minimum atomic E-state index is -0.327. The fraction of sp³-hybridized carbons (Fsp3) is 0.423. The van der Waals surface area contributed by atoms with E-state index in [0.717, 1.165) is 220 Å². The summed E-state index contributed by atoms with van der Waals surface area (Å²) in [5.74, 6) is 0.378. The van der Waals surface area contributed by atoms with Crippen LogP contribution in [0.15, 0.2) is 166 Å². The second kappa shape index (κ2) is 39.9. The van der Waals surface area contributed by atoms with Gasteiger partial charge >= 0.3 is 0 Å². The Kier molecular flexibility index (Phi) is 27.5. The number of pyridine rings is 4. The molecule has 31 nitrogen and oxygen atoms in total. The number of hydrogen-bond donors (Lipinski definition) is 0. The van der Waals surface area contributed by atoms with Gasteiger partial charge in [-0.25, -0.2) is 46.8 Å². The van der Waals surface area contributed by atoms with E-state index in [1.165, 1.54) is 6.07 Å². The van der Waals surface area contributed by atoms with Gasteiger partial charge in [0.2, 0.25) is 0 Å². The smallest absolute Gasteiger partial charge is 0.258 e. The van der Waals surface area contributed by atoms with Gasteiger partial charge in [0.05, 0.1) is 146 Å². The highest BCUT2D eigenvalue weighted by molar-refractivity contribution is 5.71. The van der Waals surface area contributed by atoms with Crippen LogP contribution in [0.4, 0.5) is 34.6 Å². The van der Waals surface area contributed by atoms with Crippen LogP contribution in [0.1, 0.15) is 124 Å². The highest BCUT2D eigenvalue weighted by Gasteiger charge is 2.29. The van der Waals surface area contributed by atoms with Crippen LogP contribution in [0, 0.1) is 27.7 Å². The predicted octanol–water partition coefficient (Wildman–Crippen LogP) is 12.1. The molecule has 0 spiro atoms. The molecule has 0 radical (unpaired) electrons. The lowest BCUT2D eigenvalue weighted by molar-refractivity contribution is 0.175. The summed E-state index contributed by atoms with van der Waals surface area (Å²) in [6, 6.07) is 30.2. The maximum absolute atomic E-state index is 13.0. The van der Waals surface area contributed by atoms with Gasteiger partial charge in [-0.2, -0.15) is 20.4 Å². The third-order valence-corrected chi connectivity index (χ3v) is 25.6. The summed E-state index contributed by atoms with van der Waals surface area (Å²) in [7, 11) is 0. The number of rotatable bonds is 22. The Labute approximate surface area is 760 Å². The highest BCUT2D eigenvalue weighted by Crippen LogP contribution is 2.32. The van der Waals surface area contributed by atoms with Crippen molar-refractivity contribution in [2.75, 3.05) is 146 Å². The zero-order valence-electron chi connectivity index (χ0n) is 76.6. The summed E-state index contributed by atoms with van der Waals surface area (Å²) < 4.78 is 64.0. The maximum atomic E-state index is 13.0. The molecule has 20 heterocycles. The number of aryl methyl sites for hydroxylation is 8. The van der Waals surface area contributed by atoms with E-state index in [2.05, 4.69) is 122 Å². The molecule has 0 bridgehead atoms. The number of nitrogens with zero attached hydrogens (tertiary/aromatic N) is 27. The van der Waals surface area contributed by atoms with Gasteiger partial charge in [0, 0.05) is 153 Å². The number of halogens is 4. The molecule has 4 aliphatic rings. The first kappa shape index (κ1) is 90.8. The maximum Gasteiger partial charge on any atom is 0.258 e. The quantitative estimate of drug-likeness (QED) is 0.0570. The van der Waals surface area contributed by atoms with Crippen LogP contribution in [0.3, 0.4) is 0 Å². The van der Waals surface area contributed by atoms with E-state index in [9.17, 15) is 36.7 Å². The molecule has 20 rings (SSSR count). The Balaban J connectivity index is 0.000000123. The van der Waals surface area contributed by atoms with Crippen LogP contribution >= 0.6 is 0 Å². The fourth-order valence-corrected chi connectivity index (χ4v) is 18.6. The molecule has 35 heteroatoms. The Hall–Kier alpha value is -13.1. The van der Waals surface area contributed by atoms with E-state index in [1.807, 2.05) is 162 Å². The van der Waals surface area contributed by atoms with Crippen molar-refractivity contribution in [3.05, 3.63) is 239 Å². The minimum Gasteiger partial charge on any atom is -0.368 e. The Morgan fingerprint density at radius 3 is 0.977 bits per heavy atom. The second-order valence-corrected chi connectivity index (χ2v) is 34.7. The average molecular weight is 1800 g/mol. The fourth-order valence-electron chi connectivity index (χ4n) is 18.6.